The van der Waals surface area contributed by atoms with Crippen LogP contribution in [0.5, 0.6) is 0 Å². The van der Waals surface area contributed by atoms with Gasteiger partial charge in [-0.05, 0) is 31.7 Å². The number of hydrogen-bond acceptors (Lipinski definition) is 4. The quantitative estimate of drug-likeness (QED) is 0.695. The van der Waals surface area contributed by atoms with E-state index in [-0.39, 0.29) is 5.91 Å². The van der Waals surface area contributed by atoms with Crippen LogP contribution in [0.4, 0.5) is 0 Å². The summed E-state index contributed by atoms with van der Waals surface area (Å²) in [5.74, 6) is 1.69. The van der Waals surface area contributed by atoms with Crippen LogP contribution in [0.25, 0.3) is 11.3 Å². The van der Waals surface area contributed by atoms with Crippen molar-refractivity contribution in [3.05, 3.63) is 59.5 Å². The van der Waals surface area contributed by atoms with Crippen molar-refractivity contribution in [3.8, 4) is 11.3 Å². The number of nitrogens with one attached hydrogen (secondary N) is 1. The van der Waals surface area contributed by atoms with Crippen molar-refractivity contribution >= 4 is 5.91 Å². The summed E-state index contributed by atoms with van der Waals surface area (Å²) in [5, 5.41) is 11.6. The van der Waals surface area contributed by atoms with Crippen LogP contribution < -0.4 is 5.32 Å². The van der Waals surface area contributed by atoms with E-state index in [0.29, 0.717) is 36.4 Å². The van der Waals surface area contributed by atoms with Gasteiger partial charge in [0.1, 0.15) is 0 Å². The summed E-state index contributed by atoms with van der Waals surface area (Å²) in [6.07, 6.45) is 5.02. The summed E-state index contributed by atoms with van der Waals surface area (Å²) in [6, 6.07) is 13.6. The van der Waals surface area contributed by atoms with Gasteiger partial charge in [-0.25, -0.2) is 0 Å². The van der Waals surface area contributed by atoms with Gasteiger partial charge in [-0.1, -0.05) is 35.5 Å². The third-order valence-electron chi connectivity index (χ3n) is 5.23. The molecule has 6 heteroatoms. The zero-order valence-electron chi connectivity index (χ0n) is 15.1. The molecular formula is C21H22N4O2. The lowest BCUT2D eigenvalue weighted by molar-refractivity contribution is 0.0943. The Labute approximate surface area is 157 Å². The van der Waals surface area contributed by atoms with Crippen molar-refractivity contribution in [2.75, 3.05) is 6.54 Å². The maximum absolute atomic E-state index is 12.4. The summed E-state index contributed by atoms with van der Waals surface area (Å²) >= 11 is 0. The highest BCUT2D eigenvalue weighted by atomic mass is 16.5. The largest absolute Gasteiger partial charge is 0.355 e. The van der Waals surface area contributed by atoms with Crippen LogP contribution in [0.2, 0.25) is 0 Å². The SMILES string of the molecule is O=C(NCCn1nc(C2CC2)cc1C1CC1)c1cc(-c2ccccc2)on1. The van der Waals surface area contributed by atoms with Gasteiger partial charge >= 0.3 is 0 Å². The second-order valence-electron chi connectivity index (χ2n) is 7.46. The normalized spacial score (nSPS) is 16.4. The van der Waals surface area contributed by atoms with Crippen molar-refractivity contribution in [2.24, 2.45) is 0 Å². The molecule has 27 heavy (non-hydrogen) atoms. The lowest BCUT2D eigenvalue weighted by Crippen LogP contribution is -2.28. The second kappa shape index (κ2) is 6.68. The summed E-state index contributed by atoms with van der Waals surface area (Å²) in [5.41, 5.74) is 3.77. The fourth-order valence-corrected chi connectivity index (χ4v) is 3.40. The van der Waals surface area contributed by atoms with E-state index in [4.69, 9.17) is 9.62 Å². The van der Waals surface area contributed by atoms with Gasteiger partial charge in [0.25, 0.3) is 5.91 Å². The Balaban J connectivity index is 1.21. The van der Waals surface area contributed by atoms with Crippen LogP contribution in [0, 0.1) is 0 Å². The molecular weight excluding hydrogens is 340 g/mol. The van der Waals surface area contributed by atoms with Crippen LogP contribution in [-0.4, -0.2) is 27.4 Å². The standard InChI is InChI=1S/C21H22N4O2/c26-21(18-13-20(27-24-18)16-4-2-1-3-5-16)22-10-11-25-19(15-8-9-15)12-17(23-25)14-6-7-14/h1-5,12-15H,6-11H2,(H,22,26). The van der Waals surface area contributed by atoms with E-state index in [0.717, 1.165) is 5.56 Å². The Hall–Kier alpha value is -2.89. The maximum atomic E-state index is 12.4. The molecule has 0 aliphatic heterocycles. The molecule has 3 aromatic rings. The van der Waals surface area contributed by atoms with Gasteiger partial charge in [-0.15, -0.1) is 0 Å². The van der Waals surface area contributed by atoms with Gasteiger partial charge in [-0.2, -0.15) is 5.10 Å². The summed E-state index contributed by atoms with van der Waals surface area (Å²) < 4.78 is 7.39. The molecule has 0 bridgehead atoms. The number of aromatic nitrogens is 3. The minimum absolute atomic E-state index is 0.219. The van der Waals surface area contributed by atoms with E-state index in [1.54, 1.807) is 6.07 Å². The molecule has 0 radical (unpaired) electrons. The molecule has 1 aromatic carbocycles. The van der Waals surface area contributed by atoms with Gasteiger partial charge < -0.3 is 9.84 Å². The van der Waals surface area contributed by atoms with E-state index in [1.807, 2.05) is 30.3 Å². The first-order valence-electron chi connectivity index (χ1n) is 9.66. The third kappa shape index (κ3) is 3.52. The molecule has 2 aliphatic rings. The van der Waals surface area contributed by atoms with E-state index < -0.39 is 0 Å². The molecule has 0 spiro atoms. The average molecular weight is 362 g/mol. The molecule has 2 fully saturated rings. The number of nitrogens with zero attached hydrogens (tertiary/aromatic N) is 3. The van der Waals surface area contributed by atoms with E-state index in [2.05, 4.69) is 21.2 Å². The zero-order valence-corrected chi connectivity index (χ0v) is 15.1. The van der Waals surface area contributed by atoms with Gasteiger partial charge in [-0.3, -0.25) is 9.48 Å². The Morgan fingerprint density at radius 3 is 2.63 bits per heavy atom. The molecule has 6 nitrogen and oxygen atoms in total. The first-order chi connectivity index (χ1) is 13.3. The minimum atomic E-state index is -0.219. The Kier molecular flexibility index (Phi) is 4.03. The lowest BCUT2D eigenvalue weighted by Gasteiger charge is -2.07. The Bertz CT molecular complexity index is 952. The predicted octanol–water partition coefficient (Wildman–Crippen LogP) is 3.72. The van der Waals surface area contributed by atoms with E-state index in [9.17, 15) is 4.79 Å². The summed E-state index contributed by atoms with van der Waals surface area (Å²) in [6.45, 7) is 1.21. The molecule has 1 amide bonds. The molecule has 2 saturated carbocycles. The smallest absolute Gasteiger partial charge is 0.273 e. The molecule has 2 aliphatic carbocycles. The summed E-state index contributed by atoms with van der Waals surface area (Å²) in [4.78, 5) is 12.4. The molecule has 2 heterocycles. The van der Waals surface area contributed by atoms with Crippen molar-refractivity contribution < 1.29 is 9.32 Å². The van der Waals surface area contributed by atoms with Crippen LogP contribution in [0.3, 0.4) is 0 Å². The third-order valence-corrected chi connectivity index (χ3v) is 5.23. The van der Waals surface area contributed by atoms with Gasteiger partial charge in [0.15, 0.2) is 11.5 Å². The molecule has 0 saturated heterocycles. The van der Waals surface area contributed by atoms with Crippen LogP contribution >= 0.6 is 0 Å². The van der Waals surface area contributed by atoms with Crippen molar-refractivity contribution in [3.63, 3.8) is 0 Å². The highest BCUT2D eigenvalue weighted by Crippen LogP contribution is 2.44. The predicted molar refractivity (Wildman–Crippen MR) is 100 cm³/mol. The highest BCUT2D eigenvalue weighted by molar-refractivity contribution is 5.93. The Morgan fingerprint density at radius 2 is 1.89 bits per heavy atom. The lowest BCUT2D eigenvalue weighted by atomic mass is 10.1. The molecule has 138 valence electrons. The van der Waals surface area contributed by atoms with Gasteiger partial charge in [0.2, 0.25) is 0 Å². The molecule has 2 aromatic heterocycles. The summed E-state index contributed by atoms with van der Waals surface area (Å²) in [7, 11) is 0. The van der Waals surface area contributed by atoms with Crippen LogP contribution in [-0.2, 0) is 6.54 Å². The minimum Gasteiger partial charge on any atom is -0.355 e. The molecule has 0 unspecified atom stereocenters. The first-order valence-corrected chi connectivity index (χ1v) is 9.66. The van der Waals surface area contributed by atoms with Gasteiger partial charge in [0.05, 0.1) is 12.2 Å². The Morgan fingerprint density at radius 1 is 1.11 bits per heavy atom. The molecule has 0 atom stereocenters. The van der Waals surface area contributed by atoms with Crippen LogP contribution in [0.1, 0.15) is 59.4 Å². The second-order valence-corrected chi connectivity index (χ2v) is 7.46. The first kappa shape index (κ1) is 16.3. The number of rotatable bonds is 7. The maximum Gasteiger partial charge on any atom is 0.273 e. The highest BCUT2D eigenvalue weighted by Gasteiger charge is 2.32. The fraction of sp³-hybridized carbons (Fsp3) is 0.381. The van der Waals surface area contributed by atoms with E-state index >= 15 is 0 Å². The number of carbonyl (C=O) groups excluding carboxylic acids is 1. The monoisotopic (exact) mass is 362 g/mol. The van der Waals surface area contributed by atoms with Crippen molar-refractivity contribution in [2.45, 2.75) is 44.1 Å². The number of carbonyl (C=O) groups is 1. The molecule has 5 rings (SSSR count). The van der Waals surface area contributed by atoms with Gasteiger partial charge in [0, 0.05) is 35.7 Å². The topological polar surface area (TPSA) is 73.0 Å². The number of hydrogen-bond donors (Lipinski definition) is 1. The number of benzene rings is 1. The molecule has 1 N–H and O–H groups in total. The van der Waals surface area contributed by atoms with Crippen molar-refractivity contribution in [1.82, 2.24) is 20.3 Å². The average Bonchev–Trinajstić information content (AvgIpc) is 3.63. The zero-order chi connectivity index (χ0) is 18.2. The fourth-order valence-electron chi connectivity index (χ4n) is 3.40. The van der Waals surface area contributed by atoms with Crippen molar-refractivity contribution in [1.29, 1.82) is 0 Å². The van der Waals surface area contributed by atoms with Crippen LogP contribution in [0.15, 0.2) is 47.0 Å². The van der Waals surface area contributed by atoms with E-state index in [1.165, 1.54) is 37.1 Å². The number of amides is 1.